The van der Waals surface area contributed by atoms with E-state index < -0.39 is 21.0 Å². The maximum Gasteiger partial charge on any atom is 0.212 e. The molecule has 1 aromatic carbocycles. The second-order valence-corrected chi connectivity index (χ2v) is 10.6. The van der Waals surface area contributed by atoms with Gasteiger partial charge in [0.25, 0.3) is 0 Å². The highest BCUT2D eigenvalue weighted by atomic mass is 32.2. The lowest BCUT2D eigenvalue weighted by Crippen LogP contribution is -2.25. The molecule has 0 unspecified atom stereocenters. The molecule has 2 aliphatic rings. The predicted molar refractivity (Wildman–Crippen MR) is 111 cm³/mol. The van der Waals surface area contributed by atoms with Crippen LogP contribution in [0.2, 0.25) is 0 Å². The Morgan fingerprint density at radius 3 is 2.63 bits per heavy atom. The molecule has 2 aromatic heterocycles. The van der Waals surface area contributed by atoms with E-state index in [4.69, 9.17) is 0 Å². The van der Waals surface area contributed by atoms with Gasteiger partial charge in [0.1, 0.15) is 0 Å². The third-order valence-electron chi connectivity index (χ3n) is 6.11. The van der Waals surface area contributed by atoms with Crippen LogP contribution in [0.4, 0.5) is 4.39 Å². The Hall–Kier alpha value is -2.58. The summed E-state index contributed by atoms with van der Waals surface area (Å²) in [5.74, 6) is -0.590. The van der Waals surface area contributed by atoms with Crippen molar-refractivity contribution in [2.75, 3.05) is 13.1 Å². The minimum absolute atomic E-state index is 0.0569. The summed E-state index contributed by atoms with van der Waals surface area (Å²) < 4.78 is 41.4. The molecule has 0 bridgehead atoms. The Morgan fingerprint density at radius 2 is 1.93 bits per heavy atom. The number of benzene rings is 1. The van der Waals surface area contributed by atoms with E-state index >= 15 is 0 Å². The lowest BCUT2D eigenvalue weighted by Gasteiger charge is -2.16. The molecule has 0 N–H and O–H groups in total. The first-order valence-electron chi connectivity index (χ1n) is 10.1. The van der Waals surface area contributed by atoms with E-state index in [2.05, 4.69) is 28.8 Å². The van der Waals surface area contributed by atoms with Crippen molar-refractivity contribution in [3.63, 3.8) is 0 Å². The summed E-state index contributed by atoms with van der Waals surface area (Å²) in [7, 11) is -3.36. The van der Waals surface area contributed by atoms with Gasteiger partial charge in [0.2, 0.25) is 5.95 Å². The SMILES string of the molecule is CC(C)n1cc(CN2C[C@@H]3[C@@H](C2)c2cc(-c4ccc(F)nc4)ccc2S3(=O)=O)cn1. The third-order valence-corrected chi connectivity index (χ3v) is 8.37. The van der Waals surface area contributed by atoms with Gasteiger partial charge in [0.15, 0.2) is 9.84 Å². The number of hydrogen-bond donors (Lipinski definition) is 0. The summed E-state index contributed by atoms with van der Waals surface area (Å²) in [6.45, 7) is 6.05. The van der Waals surface area contributed by atoms with Gasteiger partial charge in [0, 0.05) is 55.1 Å². The molecule has 2 aliphatic heterocycles. The molecule has 8 heteroatoms. The molecular formula is C22H23FN4O2S. The summed E-state index contributed by atoms with van der Waals surface area (Å²) in [5.41, 5.74) is 3.58. The van der Waals surface area contributed by atoms with E-state index in [-0.39, 0.29) is 5.92 Å². The lowest BCUT2D eigenvalue weighted by molar-refractivity contribution is 0.325. The van der Waals surface area contributed by atoms with E-state index in [1.807, 2.05) is 23.1 Å². The van der Waals surface area contributed by atoms with Gasteiger partial charge in [0.05, 0.1) is 16.3 Å². The van der Waals surface area contributed by atoms with Crippen LogP contribution in [0.25, 0.3) is 11.1 Å². The molecule has 4 heterocycles. The summed E-state index contributed by atoms with van der Waals surface area (Å²) in [6, 6.07) is 8.69. The highest BCUT2D eigenvalue weighted by molar-refractivity contribution is 7.92. The standard InChI is InChI=1S/C22H23FN4O2S/c1-14(2)27-11-15(8-25-27)10-26-12-19-18-7-16(17-4-6-22(23)24-9-17)3-5-20(18)30(28,29)21(19)13-26/h3-9,11,14,19,21H,10,12-13H2,1-2H3/t19-,21+/m0/s1. The largest absolute Gasteiger partial charge is 0.297 e. The van der Waals surface area contributed by atoms with Gasteiger partial charge in [-0.2, -0.15) is 9.49 Å². The number of fused-ring (bicyclic) bond motifs is 3. The number of aromatic nitrogens is 3. The zero-order valence-electron chi connectivity index (χ0n) is 16.9. The molecule has 2 atom stereocenters. The maximum absolute atomic E-state index is 13.2. The van der Waals surface area contributed by atoms with Gasteiger partial charge in [-0.05, 0) is 49.2 Å². The Morgan fingerprint density at radius 1 is 1.13 bits per heavy atom. The normalized spacial score (nSPS) is 22.4. The van der Waals surface area contributed by atoms with E-state index in [0.29, 0.717) is 30.6 Å². The molecule has 6 nitrogen and oxygen atoms in total. The van der Waals surface area contributed by atoms with Crippen molar-refractivity contribution in [1.29, 1.82) is 0 Å². The fourth-order valence-electron chi connectivity index (χ4n) is 4.58. The van der Waals surface area contributed by atoms with Crippen LogP contribution in [0, 0.1) is 5.95 Å². The van der Waals surface area contributed by atoms with Crippen molar-refractivity contribution >= 4 is 9.84 Å². The average molecular weight is 427 g/mol. The summed E-state index contributed by atoms with van der Waals surface area (Å²) in [5, 5.41) is 3.96. The second-order valence-electron chi connectivity index (χ2n) is 8.43. The molecule has 0 spiro atoms. The van der Waals surface area contributed by atoms with E-state index in [1.165, 1.54) is 12.3 Å². The van der Waals surface area contributed by atoms with Crippen LogP contribution in [0.15, 0.2) is 53.8 Å². The monoisotopic (exact) mass is 426 g/mol. The number of likely N-dealkylation sites (tertiary alicyclic amines) is 1. The van der Waals surface area contributed by atoms with E-state index in [0.717, 1.165) is 22.3 Å². The number of hydrogen-bond acceptors (Lipinski definition) is 5. The van der Waals surface area contributed by atoms with Gasteiger partial charge < -0.3 is 0 Å². The summed E-state index contributed by atoms with van der Waals surface area (Å²) in [4.78, 5) is 6.35. The summed E-state index contributed by atoms with van der Waals surface area (Å²) in [6.07, 6.45) is 5.36. The molecule has 0 radical (unpaired) electrons. The molecule has 0 amide bonds. The van der Waals surface area contributed by atoms with Crippen molar-refractivity contribution in [2.24, 2.45) is 0 Å². The minimum Gasteiger partial charge on any atom is -0.297 e. The van der Waals surface area contributed by atoms with Crippen LogP contribution in [0.3, 0.4) is 0 Å². The van der Waals surface area contributed by atoms with Crippen LogP contribution in [-0.2, 0) is 16.4 Å². The highest BCUT2D eigenvalue weighted by Gasteiger charge is 2.50. The van der Waals surface area contributed by atoms with Crippen molar-refractivity contribution in [1.82, 2.24) is 19.7 Å². The van der Waals surface area contributed by atoms with Gasteiger partial charge in [-0.3, -0.25) is 9.58 Å². The molecule has 1 fully saturated rings. The van der Waals surface area contributed by atoms with Crippen molar-refractivity contribution in [3.8, 4) is 11.1 Å². The molecule has 0 saturated carbocycles. The smallest absolute Gasteiger partial charge is 0.212 e. The van der Waals surface area contributed by atoms with E-state index in [1.54, 1.807) is 18.2 Å². The zero-order chi connectivity index (χ0) is 21.0. The van der Waals surface area contributed by atoms with Crippen LogP contribution in [0.1, 0.15) is 36.9 Å². The minimum atomic E-state index is -3.36. The Labute approximate surface area is 175 Å². The Bertz CT molecular complexity index is 1200. The first-order chi connectivity index (χ1) is 14.3. The number of rotatable bonds is 4. The van der Waals surface area contributed by atoms with Crippen LogP contribution in [-0.4, -0.2) is 46.4 Å². The van der Waals surface area contributed by atoms with Gasteiger partial charge in [-0.15, -0.1) is 0 Å². The first kappa shape index (κ1) is 19.4. The van der Waals surface area contributed by atoms with Crippen LogP contribution < -0.4 is 0 Å². The second kappa shape index (κ2) is 6.99. The third kappa shape index (κ3) is 3.15. The average Bonchev–Trinajstić information content (AvgIpc) is 3.40. The predicted octanol–water partition coefficient (Wildman–Crippen LogP) is 3.42. The fraction of sp³-hybridized carbons (Fsp3) is 0.364. The quantitative estimate of drug-likeness (QED) is 0.598. The number of pyridine rings is 1. The lowest BCUT2D eigenvalue weighted by atomic mass is 9.95. The van der Waals surface area contributed by atoms with Gasteiger partial charge in [-0.25, -0.2) is 13.4 Å². The topological polar surface area (TPSA) is 68.1 Å². The molecule has 156 valence electrons. The Balaban J connectivity index is 1.43. The number of halogens is 1. The fourth-order valence-corrected chi connectivity index (χ4v) is 6.78. The first-order valence-corrected chi connectivity index (χ1v) is 11.6. The number of sulfone groups is 1. The van der Waals surface area contributed by atoms with Crippen molar-refractivity contribution < 1.29 is 12.8 Å². The van der Waals surface area contributed by atoms with Crippen LogP contribution in [0.5, 0.6) is 0 Å². The van der Waals surface area contributed by atoms with E-state index in [9.17, 15) is 12.8 Å². The van der Waals surface area contributed by atoms with Crippen molar-refractivity contribution in [3.05, 3.63) is 66.0 Å². The highest BCUT2D eigenvalue weighted by Crippen LogP contribution is 2.46. The molecule has 3 aromatic rings. The Kier molecular flexibility index (Phi) is 4.52. The molecule has 0 aliphatic carbocycles. The molecule has 30 heavy (non-hydrogen) atoms. The van der Waals surface area contributed by atoms with Crippen LogP contribution >= 0.6 is 0 Å². The maximum atomic E-state index is 13.2. The van der Waals surface area contributed by atoms with Crippen molar-refractivity contribution in [2.45, 2.75) is 42.5 Å². The summed E-state index contributed by atoms with van der Waals surface area (Å²) >= 11 is 0. The molecule has 1 saturated heterocycles. The zero-order valence-corrected chi connectivity index (χ0v) is 17.7. The van der Waals surface area contributed by atoms with Gasteiger partial charge >= 0.3 is 0 Å². The molecule has 5 rings (SSSR count). The van der Waals surface area contributed by atoms with Gasteiger partial charge in [-0.1, -0.05) is 6.07 Å². The molecular weight excluding hydrogens is 403 g/mol. The number of nitrogens with zero attached hydrogens (tertiary/aromatic N) is 4.